The zero-order valence-electron chi connectivity index (χ0n) is 9.91. The minimum atomic E-state index is -0.450. The second-order valence-corrected chi connectivity index (χ2v) is 5.20. The van der Waals surface area contributed by atoms with Gasteiger partial charge in [0, 0.05) is 19.2 Å². The van der Waals surface area contributed by atoms with Gasteiger partial charge in [-0.15, -0.1) is 0 Å². The first-order valence-electron chi connectivity index (χ1n) is 5.79. The van der Waals surface area contributed by atoms with Crippen LogP contribution in [0.15, 0.2) is 12.4 Å². The van der Waals surface area contributed by atoms with Gasteiger partial charge in [0.25, 0.3) is 0 Å². The van der Waals surface area contributed by atoms with Gasteiger partial charge in [-0.05, 0) is 24.7 Å². The van der Waals surface area contributed by atoms with Crippen LogP contribution in [0.1, 0.15) is 33.1 Å². The van der Waals surface area contributed by atoms with E-state index in [0.29, 0.717) is 11.2 Å². The zero-order valence-corrected chi connectivity index (χ0v) is 9.91. The van der Waals surface area contributed by atoms with Crippen LogP contribution in [0.2, 0.25) is 0 Å². The van der Waals surface area contributed by atoms with Crippen molar-refractivity contribution < 1.29 is 4.39 Å². The molecule has 1 fully saturated rings. The number of aromatic nitrogens is 2. The molecule has 16 heavy (non-hydrogen) atoms. The van der Waals surface area contributed by atoms with E-state index in [0.717, 1.165) is 25.9 Å². The lowest BCUT2D eigenvalue weighted by Gasteiger charge is -2.23. The first kappa shape index (κ1) is 11.3. The lowest BCUT2D eigenvalue weighted by molar-refractivity contribution is 0.325. The molecule has 1 aliphatic heterocycles. The van der Waals surface area contributed by atoms with Gasteiger partial charge in [0.1, 0.15) is 12.1 Å². The summed E-state index contributed by atoms with van der Waals surface area (Å²) in [5.74, 6) is 0.263. The smallest absolute Gasteiger partial charge is 0.218 e. The van der Waals surface area contributed by atoms with Crippen molar-refractivity contribution in [2.45, 2.75) is 33.1 Å². The summed E-state index contributed by atoms with van der Waals surface area (Å²) in [6.45, 7) is 6.48. The zero-order chi connectivity index (χ0) is 11.6. The van der Waals surface area contributed by atoms with Crippen LogP contribution >= 0.6 is 0 Å². The third-order valence-corrected chi connectivity index (χ3v) is 3.28. The number of hydrogen-bond donors (Lipinski definition) is 0. The van der Waals surface area contributed by atoms with Gasteiger partial charge in [-0.3, -0.25) is 0 Å². The molecule has 0 spiro atoms. The average molecular weight is 223 g/mol. The molecule has 2 heterocycles. The van der Waals surface area contributed by atoms with Crippen LogP contribution in [0.4, 0.5) is 10.2 Å². The quantitative estimate of drug-likeness (QED) is 0.685. The summed E-state index contributed by atoms with van der Waals surface area (Å²) < 4.78 is 13.0. The molecule has 0 atom stereocenters. The standard InChI is InChI=1S/C12H18FN3/c1-12(2)4-3-6-16(7-5-12)11-8-10(13)14-9-15-11/h8-9H,3-7H2,1-2H3. The van der Waals surface area contributed by atoms with E-state index >= 15 is 0 Å². The van der Waals surface area contributed by atoms with E-state index in [9.17, 15) is 4.39 Å². The van der Waals surface area contributed by atoms with Crippen LogP contribution in [-0.4, -0.2) is 23.1 Å². The summed E-state index contributed by atoms with van der Waals surface area (Å²) in [4.78, 5) is 9.76. The molecule has 0 bridgehead atoms. The molecule has 2 rings (SSSR count). The average Bonchev–Trinajstić information content (AvgIpc) is 2.39. The van der Waals surface area contributed by atoms with Gasteiger partial charge in [-0.25, -0.2) is 9.97 Å². The highest BCUT2D eigenvalue weighted by Gasteiger charge is 2.23. The van der Waals surface area contributed by atoms with E-state index in [2.05, 4.69) is 28.7 Å². The summed E-state index contributed by atoms with van der Waals surface area (Å²) >= 11 is 0. The second-order valence-electron chi connectivity index (χ2n) is 5.20. The van der Waals surface area contributed by atoms with Gasteiger partial charge >= 0.3 is 0 Å². The normalized spacial score (nSPS) is 20.6. The Kier molecular flexibility index (Phi) is 3.08. The van der Waals surface area contributed by atoms with Crippen LogP contribution in [0.3, 0.4) is 0 Å². The van der Waals surface area contributed by atoms with Crippen molar-refractivity contribution in [1.82, 2.24) is 9.97 Å². The van der Waals surface area contributed by atoms with Crippen LogP contribution < -0.4 is 4.90 Å². The fourth-order valence-corrected chi connectivity index (χ4v) is 2.15. The van der Waals surface area contributed by atoms with Crippen LogP contribution in [0.25, 0.3) is 0 Å². The van der Waals surface area contributed by atoms with Crippen LogP contribution in [0.5, 0.6) is 0 Å². The Morgan fingerprint density at radius 1 is 1.25 bits per heavy atom. The summed E-state index contributed by atoms with van der Waals surface area (Å²) in [5.41, 5.74) is 0.389. The fraction of sp³-hybridized carbons (Fsp3) is 0.667. The Balaban J connectivity index is 2.11. The molecule has 0 aromatic carbocycles. The number of rotatable bonds is 1. The van der Waals surface area contributed by atoms with E-state index in [1.54, 1.807) is 0 Å². The molecule has 88 valence electrons. The third-order valence-electron chi connectivity index (χ3n) is 3.28. The van der Waals surface area contributed by atoms with Crippen molar-refractivity contribution in [2.75, 3.05) is 18.0 Å². The van der Waals surface area contributed by atoms with Crippen molar-refractivity contribution in [2.24, 2.45) is 5.41 Å². The Morgan fingerprint density at radius 3 is 2.81 bits per heavy atom. The van der Waals surface area contributed by atoms with E-state index < -0.39 is 5.95 Å². The van der Waals surface area contributed by atoms with E-state index in [-0.39, 0.29) is 0 Å². The lowest BCUT2D eigenvalue weighted by atomic mass is 9.85. The molecule has 4 heteroatoms. The Morgan fingerprint density at radius 2 is 2.06 bits per heavy atom. The molecule has 1 aromatic rings. The second kappa shape index (κ2) is 4.36. The lowest BCUT2D eigenvalue weighted by Crippen LogP contribution is -2.26. The largest absolute Gasteiger partial charge is 0.356 e. The van der Waals surface area contributed by atoms with Crippen molar-refractivity contribution >= 4 is 5.82 Å². The Labute approximate surface area is 95.7 Å². The SMILES string of the molecule is CC1(C)CCCN(c2cc(F)ncn2)CC1. The highest BCUT2D eigenvalue weighted by Crippen LogP contribution is 2.30. The van der Waals surface area contributed by atoms with Gasteiger partial charge in [-0.2, -0.15) is 4.39 Å². The molecule has 0 radical (unpaired) electrons. The molecule has 0 aliphatic carbocycles. The molecule has 3 nitrogen and oxygen atoms in total. The molecular formula is C12H18FN3. The maximum absolute atomic E-state index is 13.0. The van der Waals surface area contributed by atoms with Gasteiger partial charge < -0.3 is 4.90 Å². The molecule has 1 aliphatic rings. The van der Waals surface area contributed by atoms with E-state index in [1.807, 2.05) is 0 Å². The summed E-state index contributed by atoms with van der Waals surface area (Å²) in [6.07, 6.45) is 4.77. The van der Waals surface area contributed by atoms with Crippen molar-refractivity contribution in [1.29, 1.82) is 0 Å². The summed E-state index contributed by atoms with van der Waals surface area (Å²) in [7, 11) is 0. The first-order valence-corrected chi connectivity index (χ1v) is 5.79. The van der Waals surface area contributed by atoms with Gasteiger partial charge in [0.2, 0.25) is 5.95 Å². The number of hydrogen-bond acceptors (Lipinski definition) is 3. The predicted octanol–water partition coefficient (Wildman–Crippen LogP) is 2.63. The fourth-order valence-electron chi connectivity index (χ4n) is 2.15. The molecule has 1 aromatic heterocycles. The summed E-state index contributed by atoms with van der Waals surface area (Å²) in [6, 6.07) is 1.42. The molecule has 0 amide bonds. The summed E-state index contributed by atoms with van der Waals surface area (Å²) in [5, 5.41) is 0. The van der Waals surface area contributed by atoms with Gasteiger partial charge in [0.15, 0.2) is 0 Å². The number of halogens is 1. The first-order chi connectivity index (χ1) is 7.57. The maximum atomic E-state index is 13.0. The molecule has 0 saturated carbocycles. The monoisotopic (exact) mass is 223 g/mol. The minimum absolute atomic E-state index is 0.389. The molecular weight excluding hydrogens is 205 g/mol. The Bertz CT molecular complexity index is 365. The minimum Gasteiger partial charge on any atom is -0.356 e. The topological polar surface area (TPSA) is 29.0 Å². The van der Waals surface area contributed by atoms with Gasteiger partial charge in [0.05, 0.1) is 0 Å². The van der Waals surface area contributed by atoms with E-state index in [1.165, 1.54) is 18.8 Å². The maximum Gasteiger partial charge on any atom is 0.218 e. The van der Waals surface area contributed by atoms with Crippen molar-refractivity contribution in [3.8, 4) is 0 Å². The van der Waals surface area contributed by atoms with E-state index in [4.69, 9.17) is 0 Å². The Hall–Kier alpha value is -1.19. The van der Waals surface area contributed by atoms with Crippen LogP contribution in [0, 0.1) is 11.4 Å². The number of nitrogens with zero attached hydrogens (tertiary/aromatic N) is 3. The highest BCUT2D eigenvalue weighted by molar-refractivity contribution is 5.36. The van der Waals surface area contributed by atoms with Crippen molar-refractivity contribution in [3.05, 3.63) is 18.3 Å². The van der Waals surface area contributed by atoms with Crippen molar-refractivity contribution in [3.63, 3.8) is 0 Å². The van der Waals surface area contributed by atoms with Gasteiger partial charge in [-0.1, -0.05) is 13.8 Å². The third kappa shape index (κ3) is 2.68. The number of anilines is 1. The predicted molar refractivity (Wildman–Crippen MR) is 61.8 cm³/mol. The molecule has 0 N–H and O–H groups in total. The highest BCUT2D eigenvalue weighted by atomic mass is 19.1. The molecule has 0 unspecified atom stereocenters. The molecule has 1 saturated heterocycles. The van der Waals surface area contributed by atoms with Crippen LogP contribution in [-0.2, 0) is 0 Å².